The van der Waals surface area contributed by atoms with Gasteiger partial charge in [0.25, 0.3) is 0 Å². The second-order valence-electron chi connectivity index (χ2n) is 15.0. The molecular formula is C51H51Cl3SiTi. The molecule has 0 saturated carbocycles. The molecule has 0 N–H and O–H groups in total. The van der Waals surface area contributed by atoms with Crippen molar-refractivity contribution in [3.63, 3.8) is 0 Å². The quantitative estimate of drug-likeness (QED) is 0.108. The fraction of sp³-hybridized carbons (Fsp3) is 0.196. The van der Waals surface area contributed by atoms with Gasteiger partial charge in [0.2, 0.25) is 0 Å². The summed E-state index contributed by atoms with van der Waals surface area (Å²) in [5.41, 5.74) is 18.1. The van der Waals surface area contributed by atoms with Gasteiger partial charge in [0, 0.05) is 0 Å². The zero-order valence-electron chi connectivity index (χ0n) is 33.6. The Morgan fingerprint density at radius 1 is 0.411 bits per heavy atom. The topological polar surface area (TPSA) is 0 Å². The van der Waals surface area contributed by atoms with Crippen molar-refractivity contribution < 1.29 is 58.9 Å². The zero-order chi connectivity index (χ0) is 36.4. The molecule has 0 radical (unpaired) electrons. The summed E-state index contributed by atoms with van der Waals surface area (Å²) in [7, 11) is -2.91. The Morgan fingerprint density at radius 2 is 0.714 bits per heavy atom. The average molecular weight is 846 g/mol. The Kier molecular flexibility index (Phi) is 16.9. The van der Waals surface area contributed by atoms with Gasteiger partial charge in [-0.15, -0.1) is 0 Å². The summed E-state index contributed by atoms with van der Waals surface area (Å²) in [6, 6.07) is 55.4. The molecule has 0 saturated heterocycles. The van der Waals surface area contributed by atoms with E-state index in [-0.39, 0.29) is 58.9 Å². The van der Waals surface area contributed by atoms with E-state index in [9.17, 15) is 0 Å². The number of hydrogen-bond donors (Lipinski definition) is 0. The van der Waals surface area contributed by atoms with Crippen molar-refractivity contribution in [2.75, 3.05) is 0 Å². The van der Waals surface area contributed by atoms with Crippen LogP contribution in [-0.4, -0.2) is 8.07 Å². The molecule has 7 aromatic carbocycles. The molecule has 0 aliphatic rings. The van der Waals surface area contributed by atoms with Gasteiger partial charge in [0.05, 0.1) is 0 Å². The van der Waals surface area contributed by atoms with Crippen molar-refractivity contribution in [1.82, 2.24) is 0 Å². The zero-order valence-corrected chi connectivity index (χ0v) is 38.4. The standard InChI is InChI=1S/C51H51Si.3ClH.Ti/c1-35-23-26-48(32-45(35)29-42-17-11-8-12-18-42)52(51-40(6)38(4)39(5)41(51)7,49-27-24-36(2)46(33-49)30-43-19-13-9-14-20-43)50-28-25-37(3)47(34-50)31-44-21-15-10-16-22-44;;;;/h8-28,32-34H,29-31H2,1-7H3;3*1H;/q-1;;;;+4/p-3. The SMILES string of the molecule is Cc1ccc([Si](c2ccc(C)c(Cc3ccccc3)c2)(c2ccc(C)c(Cc3ccccc3)c2)c2c(C)c(C)c(C)[c-]2C)cc1Cc1ccccc1.[Cl-].[Cl-].[Cl-].[Ti+4]. The molecule has 0 atom stereocenters. The van der Waals surface area contributed by atoms with Gasteiger partial charge in [-0.25, -0.2) is 0 Å². The molecule has 0 spiro atoms. The van der Waals surface area contributed by atoms with E-state index in [4.69, 9.17) is 0 Å². The van der Waals surface area contributed by atoms with Crippen LogP contribution in [0.25, 0.3) is 0 Å². The normalized spacial score (nSPS) is 10.8. The van der Waals surface area contributed by atoms with Crippen LogP contribution in [0.4, 0.5) is 0 Å². The van der Waals surface area contributed by atoms with Crippen LogP contribution in [0.15, 0.2) is 146 Å². The molecule has 5 heteroatoms. The van der Waals surface area contributed by atoms with Gasteiger partial charge in [-0.2, -0.15) is 27.4 Å². The van der Waals surface area contributed by atoms with Crippen LogP contribution in [0, 0.1) is 48.5 Å². The van der Waals surface area contributed by atoms with Gasteiger partial charge in [-0.3, -0.25) is 0 Å². The predicted molar refractivity (Wildman–Crippen MR) is 227 cm³/mol. The Morgan fingerprint density at radius 3 is 0.982 bits per heavy atom. The van der Waals surface area contributed by atoms with Crippen LogP contribution in [0.2, 0.25) is 0 Å². The molecule has 7 rings (SSSR count). The van der Waals surface area contributed by atoms with Crippen LogP contribution in [0.1, 0.15) is 72.3 Å². The van der Waals surface area contributed by atoms with E-state index in [0.29, 0.717) is 0 Å². The second kappa shape index (κ2) is 20.2. The molecule has 0 unspecified atom stereocenters. The minimum Gasteiger partial charge on any atom is -1.00 e. The number of rotatable bonds is 10. The summed E-state index contributed by atoms with van der Waals surface area (Å²) >= 11 is 0. The van der Waals surface area contributed by atoms with Crippen molar-refractivity contribution in [1.29, 1.82) is 0 Å². The Balaban J connectivity index is 0.00000210. The third-order valence-corrected chi connectivity index (χ3v) is 16.9. The van der Waals surface area contributed by atoms with E-state index in [0.717, 1.165) is 19.3 Å². The third kappa shape index (κ3) is 9.26. The summed E-state index contributed by atoms with van der Waals surface area (Å²) < 4.78 is 0. The van der Waals surface area contributed by atoms with Crippen molar-refractivity contribution in [3.05, 3.63) is 218 Å². The van der Waals surface area contributed by atoms with Gasteiger partial charge < -0.3 is 37.2 Å². The maximum Gasteiger partial charge on any atom is 4.00 e. The summed E-state index contributed by atoms with van der Waals surface area (Å²) in [5, 5.41) is 5.94. The fourth-order valence-corrected chi connectivity index (χ4v) is 14.0. The molecule has 0 aromatic heterocycles. The van der Waals surface area contributed by atoms with Crippen LogP contribution < -0.4 is 58.0 Å². The second-order valence-corrected chi connectivity index (χ2v) is 18.8. The van der Waals surface area contributed by atoms with E-state index in [1.54, 1.807) is 5.19 Å². The van der Waals surface area contributed by atoms with E-state index >= 15 is 0 Å². The monoisotopic (exact) mass is 844 g/mol. The van der Waals surface area contributed by atoms with Crippen molar-refractivity contribution in [3.8, 4) is 0 Å². The van der Waals surface area contributed by atoms with E-state index < -0.39 is 8.07 Å². The minimum absolute atomic E-state index is 0. The first-order valence-corrected chi connectivity index (χ1v) is 20.8. The predicted octanol–water partition coefficient (Wildman–Crippen LogP) is 0.724. The average Bonchev–Trinajstić information content (AvgIpc) is 3.35. The molecule has 0 aliphatic heterocycles. The van der Waals surface area contributed by atoms with Gasteiger partial charge in [-0.05, 0) is 106 Å². The van der Waals surface area contributed by atoms with Gasteiger partial charge in [0.15, 0.2) is 8.07 Å². The van der Waals surface area contributed by atoms with Crippen molar-refractivity contribution >= 4 is 28.8 Å². The number of halogens is 3. The molecule has 0 aliphatic carbocycles. The van der Waals surface area contributed by atoms with Crippen molar-refractivity contribution in [2.45, 2.75) is 67.7 Å². The molecule has 7 aromatic rings. The smallest absolute Gasteiger partial charge is 1.00 e. The van der Waals surface area contributed by atoms with Crippen molar-refractivity contribution in [2.24, 2.45) is 0 Å². The largest absolute Gasteiger partial charge is 4.00 e. The van der Waals surface area contributed by atoms with E-state index in [2.05, 4.69) is 194 Å². The minimum atomic E-state index is -2.91. The van der Waals surface area contributed by atoms with Gasteiger partial charge in [0.1, 0.15) is 0 Å². The molecule has 56 heavy (non-hydrogen) atoms. The van der Waals surface area contributed by atoms with E-state index in [1.807, 2.05) is 0 Å². The summed E-state index contributed by atoms with van der Waals surface area (Å²) in [6.07, 6.45) is 2.76. The first kappa shape index (κ1) is 46.9. The molecule has 0 fully saturated rings. The first-order chi connectivity index (χ1) is 25.2. The van der Waals surface area contributed by atoms with E-state index in [1.165, 1.54) is 87.9 Å². The van der Waals surface area contributed by atoms with Crippen LogP contribution in [0.3, 0.4) is 0 Å². The molecule has 0 heterocycles. The molecule has 0 amide bonds. The van der Waals surface area contributed by atoms with Crippen LogP contribution in [0.5, 0.6) is 0 Å². The van der Waals surface area contributed by atoms with Crippen LogP contribution in [-0.2, 0) is 41.0 Å². The Labute approximate surface area is 370 Å². The fourth-order valence-electron chi connectivity index (χ4n) is 8.45. The number of hydrogen-bond acceptors (Lipinski definition) is 0. The Hall–Kier alpha value is -3.53. The summed E-state index contributed by atoms with van der Waals surface area (Å²) in [6.45, 7) is 16.3. The van der Waals surface area contributed by atoms with Crippen LogP contribution >= 0.6 is 0 Å². The molecular weight excluding hydrogens is 795 g/mol. The number of aryl methyl sites for hydroxylation is 3. The maximum absolute atomic E-state index is 2.91. The first-order valence-electron chi connectivity index (χ1n) is 18.8. The molecule has 0 bridgehead atoms. The summed E-state index contributed by atoms with van der Waals surface area (Å²) in [5.74, 6) is 0. The molecule has 284 valence electrons. The summed E-state index contributed by atoms with van der Waals surface area (Å²) in [4.78, 5) is 0. The van der Waals surface area contributed by atoms with Gasteiger partial charge in [-0.1, -0.05) is 173 Å². The number of benzene rings is 6. The molecule has 0 nitrogen and oxygen atoms in total. The van der Waals surface area contributed by atoms with Gasteiger partial charge >= 0.3 is 21.7 Å². The Bertz CT molecular complexity index is 2100. The third-order valence-electron chi connectivity index (χ3n) is 11.9. The maximum atomic E-state index is 2.60.